The fourth-order valence-electron chi connectivity index (χ4n) is 4.00. The molecule has 0 amide bonds. The molecule has 1 aromatic heterocycles. The van der Waals surface area contributed by atoms with Gasteiger partial charge in [-0.1, -0.05) is 30.0 Å². The van der Waals surface area contributed by atoms with Crippen molar-refractivity contribution in [3.05, 3.63) is 78.6 Å². The molecule has 7 nitrogen and oxygen atoms in total. The molecule has 1 atom stereocenters. The zero-order valence-electron chi connectivity index (χ0n) is 19.4. The molecular formula is C28H26N4O3. The Hall–Kier alpha value is -4.12. The van der Waals surface area contributed by atoms with E-state index in [4.69, 9.17) is 9.47 Å². The van der Waals surface area contributed by atoms with Gasteiger partial charge in [0.15, 0.2) is 11.5 Å². The predicted octanol–water partition coefficient (Wildman–Crippen LogP) is 4.64. The highest BCUT2D eigenvalue weighted by atomic mass is 16.5. The summed E-state index contributed by atoms with van der Waals surface area (Å²) in [5.41, 5.74) is 1.38. The highest BCUT2D eigenvalue weighted by Crippen LogP contribution is 2.35. The molecule has 176 valence electrons. The van der Waals surface area contributed by atoms with Gasteiger partial charge in [0.1, 0.15) is 23.5 Å². The number of hydrogen-bond donors (Lipinski definition) is 3. The number of fused-ring (bicyclic) bond motifs is 1. The lowest BCUT2D eigenvalue weighted by Crippen LogP contribution is -2.44. The fourth-order valence-corrected chi connectivity index (χ4v) is 4.00. The molecular weight excluding hydrogens is 440 g/mol. The minimum atomic E-state index is -0.985. The Morgan fingerprint density at radius 2 is 1.91 bits per heavy atom. The van der Waals surface area contributed by atoms with E-state index in [-0.39, 0.29) is 0 Å². The zero-order chi connectivity index (χ0) is 24.1. The van der Waals surface area contributed by atoms with Gasteiger partial charge >= 0.3 is 0 Å². The highest BCUT2D eigenvalue weighted by molar-refractivity contribution is 5.91. The van der Waals surface area contributed by atoms with Gasteiger partial charge < -0.3 is 25.2 Å². The first-order chi connectivity index (χ1) is 17.1. The van der Waals surface area contributed by atoms with E-state index in [1.54, 1.807) is 7.11 Å². The Morgan fingerprint density at radius 1 is 1.03 bits per heavy atom. The summed E-state index contributed by atoms with van der Waals surface area (Å²) < 4.78 is 11.5. The number of β-amino-alcohol motifs (C(OH)–C–C–N with tert-alkyl or cyclic N) is 1. The third-order valence-electron chi connectivity index (χ3n) is 5.83. The van der Waals surface area contributed by atoms with Gasteiger partial charge in [-0.2, -0.15) is 0 Å². The molecule has 0 saturated carbocycles. The summed E-state index contributed by atoms with van der Waals surface area (Å²) in [6, 6.07) is 21.0. The summed E-state index contributed by atoms with van der Waals surface area (Å²) in [5.74, 6) is 8.76. The summed E-state index contributed by atoms with van der Waals surface area (Å²) in [4.78, 5) is 8.84. The van der Waals surface area contributed by atoms with E-state index in [1.165, 1.54) is 6.33 Å². The Labute approximate surface area is 204 Å². The van der Waals surface area contributed by atoms with Crippen molar-refractivity contribution in [3.8, 4) is 29.1 Å². The van der Waals surface area contributed by atoms with Gasteiger partial charge in [0.2, 0.25) is 0 Å². The maximum absolute atomic E-state index is 10.6. The molecule has 7 heteroatoms. The van der Waals surface area contributed by atoms with Crippen molar-refractivity contribution in [1.82, 2.24) is 15.3 Å². The van der Waals surface area contributed by atoms with Crippen LogP contribution >= 0.6 is 0 Å². The van der Waals surface area contributed by atoms with Gasteiger partial charge in [-0.3, -0.25) is 0 Å². The third kappa shape index (κ3) is 5.35. The first-order valence-electron chi connectivity index (χ1n) is 11.5. The Bertz CT molecular complexity index is 1390. The molecule has 1 saturated heterocycles. The summed E-state index contributed by atoms with van der Waals surface area (Å²) in [6.07, 6.45) is 3.11. The molecule has 3 N–H and O–H groups in total. The number of ether oxygens (including phenoxy) is 2. The predicted molar refractivity (Wildman–Crippen MR) is 136 cm³/mol. The van der Waals surface area contributed by atoms with Crippen LogP contribution in [-0.2, 0) is 0 Å². The second kappa shape index (κ2) is 10.0. The molecule has 35 heavy (non-hydrogen) atoms. The maximum Gasteiger partial charge on any atom is 0.169 e. The Balaban J connectivity index is 1.37. The van der Waals surface area contributed by atoms with E-state index in [9.17, 15) is 5.11 Å². The monoisotopic (exact) mass is 466 g/mol. The molecule has 1 aliphatic rings. The number of para-hydroxylation sites is 1. The number of aromatic nitrogens is 2. The van der Waals surface area contributed by atoms with Crippen LogP contribution < -0.4 is 20.1 Å². The molecule has 1 aliphatic heterocycles. The van der Waals surface area contributed by atoms with Crippen LogP contribution in [0.15, 0.2) is 73.1 Å². The van der Waals surface area contributed by atoms with Gasteiger partial charge in [-0.15, -0.1) is 0 Å². The maximum atomic E-state index is 10.6. The highest BCUT2D eigenvalue weighted by Gasteiger charge is 2.26. The van der Waals surface area contributed by atoms with Gasteiger partial charge in [0, 0.05) is 29.2 Å². The second-order valence-corrected chi connectivity index (χ2v) is 8.42. The number of nitrogens with zero attached hydrogens (tertiary/aromatic N) is 2. The van der Waals surface area contributed by atoms with Crippen molar-refractivity contribution < 1.29 is 14.6 Å². The average Bonchev–Trinajstić information content (AvgIpc) is 2.89. The number of anilines is 2. The standard InChI is InChI=1S/C28H26N4O3/c1-34-26-17-21(9-11-25(26)35-22-6-3-2-4-7-22)32-27-23-10-8-20(16-24(23)30-19-31-27)12-14-28(33)13-5-15-29-18-28/h2-4,6-11,16-17,19,29,33H,5,13,15,18H2,1H3,(H,30,31,32). The van der Waals surface area contributed by atoms with Crippen LogP contribution in [0.4, 0.5) is 11.5 Å². The molecule has 1 fully saturated rings. The number of rotatable bonds is 5. The minimum absolute atomic E-state index is 0.489. The molecule has 0 bridgehead atoms. The quantitative estimate of drug-likeness (QED) is 0.369. The number of methoxy groups -OCH3 is 1. The molecule has 0 radical (unpaired) electrons. The van der Waals surface area contributed by atoms with Crippen molar-refractivity contribution in [1.29, 1.82) is 0 Å². The van der Waals surface area contributed by atoms with Crippen LogP contribution in [0, 0.1) is 11.8 Å². The van der Waals surface area contributed by atoms with E-state index in [1.807, 2.05) is 66.7 Å². The number of nitrogens with one attached hydrogen (secondary N) is 2. The van der Waals surface area contributed by atoms with E-state index in [0.29, 0.717) is 30.3 Å². The Kier molecular flexibility index (Phi) is 6.49. The number of piperidine rings is 1. The van der Waals surface area contributed by atoms with Crippen molar-refractivity contribution in [2.75, 3.05) is 25.5 Å². The second-order valence-electron chi connectivity index (χ2n) is 8.42. The van der Waals surface area contributed by atoms with Gasteiger partial charge in [0.25, 0.3) is 0 Å². The van der Waals surface area contributed by atoms with Crippen molar-refractivity contribution in [2.45, 2.75) is 18.4 Å². The van der Waals surface area contributed by atoms with Crippen LogP contribution in [0.2, 0.25) is 0 Å². The van der Waals surface area contributed by atoms with Gasteiger partial charge in [-0.05, 0) is 61.9 Å². The largest absolute Gasteiger partial charge is 0.493 e. The minimum Gasteiger partial charge on any atom is -0.493 e. The normalized spacial score (nSPS) is 17.3. The molecule has 4 aromatic rings. The molecule has 0 aliphatic carbocycles. The van der Waals surface area contributed by atoms with Crippen LogP contribution in [0.5, 0.6) is 17.2 Å². The zero-order valence-corrected chi connectivity index (χ0v) is 19.4. The third-order valence-corrected chi connectivity index (χ3v) is 5.83. The lowest BCUT2D eigenvalue weighted by molar-refractivity contribution is 0.0736. The Morgan fingerprint density at radius 3 is 2.71 bits per heavy atom. The molecule has 1 unspecified atom stereocenters. The number of hydrogen-bond acceptors (Lipinski definition) is 7. The lowest BCUT2D eigenvalue weighted by Gasteiger charge is -2.27. The number of benzene rings is 3. The van der Waals surface area contributed by atoms with Crippen LogP contribution in [0.25, 0.3) is 10.9 Å². The smallest absolute Gasteiger partial charge is 0.169 e. The van der Waals surface area contributed by atoms with Gasteiger partial charge in [-0.25, -0.2) is 9.97 Å². The molecule has 0 spiro atoms. The fraction of sp³-hybridized carbons (Fsp3) is 0.214. The van der Waals surface area contributed by atoms with Crippen molar-refractivity contribution in [3.63, 3.8) is 0 Å². The summed E-state index contributed by atoms with van der Waals surface area (Å²) >= 11 is 0. The SMILES string of the molecule is COc1cc(Nc2ncnc3cc(C#CC4(O)CCCNC4)ccc23)ccc1Oc1ccccc1. The van der Waals surface area contributed by atoms with E-state index >= 15 is 0 Å². The van der Waals surface area contributed by atoms with Gasteiger partial charge in [0.05, 0.1) is 12.6 Å². The topological polar surface area (TPSA) is 88.5 Å². The average molecular weight is 467 g/mol. The van der Waals surface area contributed by atoms with E-state index < -0.39 is 5.60 Å². The molecule has 3 aromatic carbocycles. The van der Waals surface area contributed by atoms with Crippen LogP contribution in [-0.4, -0.2) is 40.9 Å². The summed E-state index contributed by atoms with van der Waals surface area (Å²) in [6.45, 7) is 1.41. The van der Waals surface area contributed by atoms with Crippen molar-refractivity contribution >= 4 is 22.4 Å². The van der Waals surface area contributed by atoms with E-state index in [0.717, 1.165) is 40.9 Å². The number of aliphatic hydroxyl groups is 1. The van der Waals surface area contributed by atoms with Crippen LogP contribution in [0.1, 0.15) is 18.4 Å². The first kappa shape index (κ1) is 22.7. The molecule has 2 heterocycles. The van der Waals surface area contributed by atoms with Crippen LogP contribution in [0.3, 0.4) is 0 Å². The summed E-state index contributed by atoms with van der Waals surface area (Å²) in [7, 11) is 1.61. The first-order valence-corrected chi connectivity index (χ1v) is 11.5. The lowest BCUT2D eigenvalue weighted by atomic mass is 9.94. The van der Waals surface area contributed by atoms with E-state index in [2.05, 4.69) is 32.4 Å². The van der Waals surface area contributed by atoms with Crippen molar-refractivity contribution in [2.24, 2.45) is 0 Å². The summed E-state index contributed by atoms with van der Waals surface area (Å²) in [5, 5.41) is 18.0. The molecule has 5 rings (SSSR count).